The molecule has 1 aliphatic rings. The summed E-state index contributed by atoms with van der Waals surface area (Å²) < 4.78 is 4.27. The third kappa shape index (κ3) is 2.83. The zero-order valence-electron chi connectivity index (χ0n) is 10.4. The minimum absolute atomic E-state index is 0.109. The van der Waals surface area contributed by atoms with Gasteiger partial charge in [0.05, 0.1) is 11.3 Å². The van der Waals surface area contributed by atoms with Gasteiger partial charge in [0.1, 0.15) is 5.00 Å². The lowest BCUT2D eigenvalue weighted by molar-refractivity contribution is 0.101. The molecule has 2 atom stereocenters. The molecule has 1 aromatic heterocycles. The lowest BCUT2D eigenvalue weighted by atomic mass is 10.1. The second kappa shape index (κ2) is 5.40. The van der Waals surface area contributed by atoms with Gasteiger partial charge < -0.3 is 5.32 Å². The van der Waals surface area contributed by atoms with Crippen LogP contribution >= 0.6 is 23.3 Å². The number of aromatic nitrogens is 1. The van der Waals surface area contributed by atoms with Crippen molar-refractivity contribution in [3.8, 4) is 0 Å². The summed E-state index contributed by atoms with van der Waals surface area (Å²) in [6.45, 7) is 3.51. The molecule has 17 heavy (non-hydrogen) atoms. The normalized spacial score (nSPS) is 23.9. The number of anilines is 1. The molecule has 0 aliphatic heterocycles. The highest BCUT2D eigenvalue weighted by Crippen LogP contribution is 2.33. The monoisotopic (exact) mass is 270 g/mol. The first-order valence-electron chi connectivity index (χ1n) is 5.88. The van der Waals surface area contributed by atoms with Crippen LogP contribution in [0.2, 0.25) is 0 Å². The molecule has 0 amide bonds. The van der Waals surface area contributed by atoms with E-state index in [0.717, 1.165) is 21.5 Å². The predicted molar refractivity (Wildman–Crippen MR) is 75.4 cm³/mol. The first kappa shape index (κ1) is 12.9. The highest BCUT2D eigenvalue weighted by atomic mass is 32.2. The van der Waals surface area contributed by atoms with Crippen molar-refractivity contribution in [2.75, 3.05) is 11.6 Å². The van der Waals surface area contributed by atoms with Gasteiger partial charge >= 0.3 is 0 Å². The largest absolute Gasteiger partial charge is 0.372 e. The zero-order chi connectivity index (χ0) is 12.4. The molecule has 1 fully saturated rings. The van der Waals surface area contributed by atoms with Crippen molar-refractivity contribution in [1.82, 2.24) is 4.37 Å². The van der Waals surface area contributed by atoms with Gasteiger partial charge in [-0.3, -0.25) is 4.79 Å². The summed E-state index contributed by atoms with van der Waals surface area (Å²) in [6, 6.07) is 0.505. The Hall–Kier alpha value is -0.550. The summed E-state index contributed by atoms with van der Waals surface area (Å²) in [5, 5.41) is 5.22. The summed E-state index contributed by atoms with van der Waals surface area (Å²) in [5.41, 5.74) is 1.63. The quantitative estimate of drug-likeness (QED) is 0.852. The number of carbonyl (C=O) groups excluding carboxylic acids is 1. The Labute approximate surface area is 111 Å². The van der Waals surface area contributed by atoms with Crippen LogP contribution in [-0.4, -0.2) is 27.7 Å². The minimum Gasteiger partial charge on any atom is -0.372 e. The smallest absolute Gasteiger partial charge is 0.164 e. The highest BCUT2D eigenvalue weighted by Gasteiger charge is 2.25. The lowest BCUT2D eigenvalue weighted by Gasteiger charge is -2.13. The van der Waals surface area contributed by atoms with Crippen LogP contribution in [-0.2, 0) is 0 Å². The van der Waals surface area contributed by atoms with E-state index >= 15 is 0 Å². The fourth-order valence-corrected chi connectivity index (χ4v) is 4.07. The number of nitrogens with zero attached hydrogens (tertiary/aromatic N) is 1. The number of hydrogen-bond donors (Lipinski definition) is 1. The second-order valence-electron chi connectivity index (χ2n) is 4.54. The van der Waals surface area contributed by atoms with Gasteiger partial charge in [-0.2, -0.15) is 16.1 Å². The number of ketones is 1. The summed E-state index contributed by atoms with van der Waals surface area (Å²) in [6.07, 6.45) is 5.83. The van der Waals surface area contributed by atoms with E-state index in [1.807, 2.05) is 18.7 Å². The number of carbonyl (C=O) groups is 1. The lowest BCUT2D eigenvalue weighted by Crippen LogP contribution is -2.16. The van der Waals surface area contributed by atoms with E-state index in [9.17, 15) is 4.79 Å². The molecule has 2 rings (SSSR count). The van der Waals surface area contributed by atoms with Gasteiger partial charge in [-0.1, -0.05) is 0 Å². The van der Waals surface area contributed by atoms with E-state index in [1.54, 1.807) is 6.92 Å². The van der Waals surface area contributed by atoms with E-state index in [4.69, 9.17) is 0 Å². The van der Waals surface area contributed by atoms with Gasteiger partial charge in [0.15, 0.2) is 5.78 Å². The Morgan fingerprint density at radius 2 is 2.29 bits per heavy atom. The Kier molecular flexibility index (Phi) is 4.09. The number of thioether (sulfide) groups is 1. The molecular weight excluding hydrogens is 252 g/mol. The van der Waals surface area contributed by atoms with Crippen LogP contribution < -0.4 is 5.32 Å². The van der Waals surface area contributed by atoms with Crippen molar-refractivity contribution in [1.29, 1.82) is 0 Å². The van der Waals surface area contributed by atoms with Gasteiger partial charge in [-0.15, -0.1) is 0 Å². The maximum atomic E-state index is 11.6. The van der Waals surface area contributed by atoms with Gasteiger partial charge in [0.25, 0.3) is 0 Å². The van der Waals surface area contributed by atoms with Crippen LogP contribution in [0.4, 0.5) is 5.00 Å². The van der Waals surface area contributed by atoms with Crippen LogP contribution in [0.1, 0.15) is 42.2 Å². The fraction of sp³-hybridized carbons (Fsp3) is 0.667. The third-order valence-electron chi connectivity index (χ3n) is 3.27. The van der Waals surface area contributed by atoms with Gasteiger partial charge in [0.2, 0.25) is 0 Å². The van der Waals surface area contributed by atoms with Crippen LogP contribution in [0.15, 0.2) is 0 Å². The SMILES string of the molecule is CSC1CCC(Nc2snc(C)c2C(C)=O)C1. The van der Waals surface area contributed by atoms with Crippen molar-refractivity contribution in [3.05, 3.63) is 11.3 Å². The van der Waals surface area contributed by atoms with E-state index in [2.05, 4.69) is 15.9 Å². The molecule has 0 spiro atoms. The minimum atomic E-state index is 0.109. The number of rotatable bonds is 4. The van der Waals surface area contributed by atoms with Crippen molar-refractivity contribution in [3.63, 3.8) is 0 Å². The highest BCUT2D eigenvalue weighted by molar-refractivity contribution is 7.99. The Morgan fingerprint density at radius 1 is 1.53 bits per heavy atom. The molecule has 1 aliphatic carbocycles. The number of aryl methyl sites for hydroxylation is 1. The van der Waals surface area contributed by atoms with Crippen molar-refractivity contribution in [2.24, 2.45) is 0 Å². The second-order valence-corrected chi connectivity index (χ2v) is 6.45. The summed E-state index contributed by atoms with van der Waals surface area (Å²) in [7, 11) is 0. The Balaban J connectivity index is 2.07. The Morgan fingerprint density at radius 3 is 2.88 bits per heavy atom. The third-order valence-corrected chi connectivity index (χ3v) is 5.23. The molecule has 1 N–H and O–H groups in total. The average molecular weight is 270 g/mol. The number of Topliss-reactive ketones (excluding diaryl/α,β-unsaturated/α-hetero) is 1. The standard InChI is InChI=1S/C12H18N2OS2/c1-7-11(8(2)15)12(17-14-7)13-9-4-5-10(6-9)16-3/h9-10,13H,4-6H2,1-3H3. The summed E-state index contributed by atoms with van der Waals surface area (Å²) in [4.78, 5) is 11.6. The van der Waals surface area contributed by atoms with Crippen molar-refractivity contribution >= 4 is 34.1 Å². The molecule has 94 valence electrons. The first-order valence-corrected chi connectivity index (χ1v) is 7.94. The molecule has 1 heterocycles. The van der Waals surface area contributed by atoms with Crippen LogP contribution in [0.3, 0.4) is 0 Å². The number of hydrogen-bond acceptors (Lipinski definition) is 5. The summed E-state index contributed by atoms with van der Waals surface area (Å²) in [5.74, 6) is 0.109. The predicted octanol–water partition coefficient (Wildman–Crippen LogP) is 3.35. The van der Waals surface area contributed by atoms with E-state index in [0.29, 0.717) is 6.04 Å². The fourth-order valence-electron chi connectivity index (χ4n) is 2.35. The molecule has 1 saturated carbocycles. The van der Waals surface area contributed by atoms with E-state index in [1.165, 1.54) is 30.8 Å². The maximum Gasteiger partial charge on any atom is 0.164 e. The number of nitrogens with one attached hydrogen (secondary N) is 1. The molecule has 3 nitrogen and oxygen atoms in total. The molecule has 0 saturated heterocycles. The Bertz CT molecular complexity index is 417. The molecule has 1 aromatic rings. The molecule has 0 aromatic carbocycles. The van der Waals surface area contributed by atoms with E-state index in [-0.39, 0.29) is 5.78 Å². The topological polar surface area (TPSA) is 42.0 Å². The van der Waals surface area contributed by atoms with Crippen LogP contribution in [0.5, 0.6) is 0 Å². The zero-order valence-corrected chi connectivity index (χ0v) is 12.1. The van der Waals surface area contributed by atoms with Crippen molar-refractivity contribution in [2.45, 2.75) is 44.4 Å². The molecule has 2 unspecified atom stereocenters. The van der Waals surface area contributed by atoms with E-state index < -0.39 is 0 Å². The van der Waals surface area contributed by atoms with Gasteiger partial charge in [-0.25, -0.2) is 0 Å². The van der Waals surface area contributed by atoms with Gasteiger partial charge in [0, 0.05) is 11.3 Å². The summed E-state index contributed by atoms with van der Waals surface area (Å²) >= 11 is 3.35. The maximum absolute atomic E-state index is 11.6. The van der Waals surface area contributed by atoms with Crippen LogP contribution in [0.25, 0.3) is 0 Å². The van der Waals surface area contributed by atoms with Gasteiger partial charge in [-0.05, 0) is 50.9 Å². The van der Waals surface area contributed by atoms with Crippen LogP contribution in [0, 0.1) is 6.92 Å². The first-order chi connectivity index (χ1) is 8.11. The average Bonchev–Trinajstić information content (AvgIpc) is 2.86. The molecule has 0 radical (unpaired) electrons. The molecule has 0 bridgehead atoms. The molecule has 5 heteroatoms. The molecular formula is C12H18N2OS2. The van der Waals surface area contributed by atoms with Crippen molar-refractivity contribution < 1.29 is 4.79 Å².